The fourth-order valence-corrected chi connectivity index (χ4v) is 1.47. The molecule has 1 aromatic carbocycles. The number of hydrogen-bond donors (Lipinski definition) is 1. The average molecular weight is 199 g/mol. The number of carbonyl (C=O) groups excluding carboxylic acids is 1. The van der Waals surface area contributed by atoms with Gasteiger partial charge in [-0.25, -0.2) is 0 Å². The van der Waals surface area contributed by atoms with Gasteiger partial charge in [-0.05, 0) is 24.3 Å². The van der Waals surface area contributed by atoms with Gasteiger partial charge in [0, 0.05) is 15.8 Å². The van der Waals surface area contributed by atoms with Gasteiger partial charge in [0.1, 0.15) is 5.75 Å². The van der Waals surface area contributed by atoms with E-state index in [2.05, 4.69) is 12.6 Å². The van der Waals surface area contributed by atoms with Gasteiger partial charge in [-0.15, -0.1) is 11.8 Å². The highest BCUT2D eigenvalue weighted by Gasteiger charge is 1.93. The van der Waals surface area contributed by atoms with Crippen LogP contribution in [-0.4, -0.2) is 16.0 Å². The summed E-state index contributed by atoms with van der Waals surface area (Å²) in [6, 6.07) is 6.66. The minimum atomic E-state index is -0.256. The first-order valence-electron chi connectivity index (χ1n) is 3.30. The first-order chi connectivity index (χ1) is 5.68. The van der Waals surface area contributed by atoms with E-state index >= 15 is 0 Å². The Morgan fingerprint density at radius 2 is 2.00 bits per heavy atom. The van der Waals surface area contributed by atoms with E-state index in [0.29, 0.717) is 5.75 Å². The molecular weight excluding hydrogens is 192 g/mol. The topological polar surface area (TPSA) is 37.3 Å². The maximum absolute atomic E-state index is 10.4. The lowest BCUT2D eigenvalue weighted by molar-refractivity contribution is -0.108. The number of benzene rings is 1. The van der Waals surface area contributed by atoms with Crippen molar-refractivity contribution in [2.45, 2.75) is 4.90 Å². The van der Waals surface area contributed by atoms with Gasteiger partial charge >= 0.3 is 0 Å². The van der Waals surface area contributed by atoms with Crippen LogP contribution in [0.4, 0.5) is 0 Å². The number of thioether (sulfide) groups is 1. The van der Waals surface area contributed by atoms with E-state index < -0.39 is 0 Å². The number of aromatic hydroxyl groups is 1. The zero-order valence-corrected chi connectivity index (χ0v) is 7.82. The summed E-state index contributed by atoms with van der Waals surface area (Å²) in [5.41, 5.74) is 0. The van der Waals surface area contributed by atoms with Crippen LogP contribution >= 0.6 is 11.8 Å². The molecule has 0 unspecified atom stereocenters. The number of phenols is 1. The van der Waals surface area contributed by atoms with Crippen molar-refractivity contribution in [1.29, 1.82) is 0 Å². The first kappa shape index (κ1) is 9.35. The van der Waals surface area contributed by atoms with Gasteiger partial charge in [-0.2, -0.15) is 0 Å². The molecule has 0 aliphatic heterocycles. The highest BCUT2D eigenvalue weighted by atomic mass is 32.2. The van der Waals surface area contributed by atoms with Gasteiger partial charge in [-0.3, -0.25) is 0 Å². The van der Waals surface area contributed by atoms with Crippen LogP contribution in [0.3, 0.4) is 0 Å². The summed E-state index contributed by atoms with van der Waals surface area (Å²) in [5, 5.41) is 8.68. The Morgan fingerprint density at radius 1 is 1.42 bits per heavy atom. The molecule has 0 heterocycles. The van der Waals surface area contributed by atoms with Gasteiger partial charge in [0.05, 0.1) is 0 Å². The molecule has 0 spiro atoms. The van der Waals surface area contributed by atoms with Crippen molar-refractivity contribution in [3.63, 3.8) is 0 Å². The molecule has 1 rings (SSSR count). The molecule has 0 atom stereocenters. The maximum atomic E-state index is 10.4. The van der Waals surface area contributed by atoms with Crippen LogP contribution in [0.15, 0.2) is 29.2 Å². The summed E-state index contributed by atoms with van der Waals surface area (Å²) < 4.78 is 0. The Morgan fingerprint density at radius 3 is 2.50 bits per heavy atom. The zero-order chi connectivity index (χ0) is 8.97. The van der Waals surface area contributed by atoms with Gasteiger partial charge < -0.3 is 22.5 Å². The summed E-state index contributed by atoms with van der Waals surface area (Å²) in [7, 11) is 0. The van der Waals surface area contributed by atoms with Crippen LogP contribution in [0.1, 0.15) is 0 Å². The summed E-state index contributed by atoms with van der Waals surface area (Å²) in [6.45, 7) is 0. The van der Waals surface area contributed by atoms with Gasteiger partial charge in [0.25, 0.3) is 0 Å². The molecule has 1 aromatic rings. The largest absolute Gasteiger partial charge is 0.741 e. The number of rotatable bonds is 3. The molecule has 12 heavy (non-hydrogen) atoms. The Hall–Kier alpha value is -0.740. The smallest absolute Gasteiger partial charge is 0.115 e. The monoisotopic (exact) mass is 199 g/mol. The molecule has 4 heteroatoms. The second-order valence-corrected chi connectivity index (χ2v) is 3.66. The van der Waals surface area contributed by atoms with E-state index in [4.69, 9.17) is 5.11 Å². The second-order valence-electron chi connectivity index (χ2n) is 2.15. The maximum Gasteiger partial charge on any atom is 0.115 e. The molecule has 0 amide bonds. The highest BCUT2D eigenvalue weighted by molar-refractivity contribution is 8.01. The molecular formula is C8H7O2S2-. The Bertz CT molecular complexity index is 269. The molecule has 0 aromatic heterocycles. The predicted octanol–water partition coefficient (Wildman–Crippen LogP) is 1.56. The molecule has 64 valence electrons. The van der Waals surface area contributed by atoms with Crippen molar-refractivity contribution in [2.75, 3.05) is 5.75 Å². The lowest BCUT2D eigenvalue weighted by Crippen LogP contribution is -1.93. The quantitative estimate of drug-likeness (QED) is 0.592. The Labute approximate surface area is 80.4 Å². The van der Waals surface area contributed by atoms with E-state index in [1.807, 2.05) is 0 Å². The van der Waals surface area contributed by atoms with Gasteiger partial charge in [-0.1, -0.05) is 0 Å². The van der Waals surface area contributed by atoms with E-state index in [0.717, 1.165) is 4.90 Å². The Kier molecular flexibility index (Phi) is 3.37. The molecule has 0 bridgehead atoms. The van der Waals surface area contributed by atoms with Crippen molar-refractivity contribution >= 4 is 29.5 Å². The first-order valence-corrected chi connectivity index (χ1v) is 4.69. The molecule has 0 aliphatic rings. The summed E-state index contributed by atoms with van der Waals surface area (Å²) >= 11 is 5.77. The van der Waals surface area contributed by atoms with Crippen molar-refractivity contribution in [3.05, 3.63) is 24.3 Å². The van der Waals surface area contributed by atoms with Crippen LogP contribution in [0.25, 0.3) is 0 Å². The molecule has 1 N–H and O–H groups in total. The third kappa shape index (κ3) is 3.11. The molecule has 2 nitrogen and oxygen atoms in total. The van der Waals surface area contributed by atoms with Crippen LogP contribution in [0.5, 0.6) is 5.75 Å². The number of hydrogen-bond acceptors (Lipinski definition) is 4. The van der Waals surface area contributed by atoms with Crippen molar-refractivity contribution in [2.24, 2.45) is 0 Å². The molecule has 0 saturated carbocycles. The van der Waals surface area contributed by atoms with Gasteiger partial charge in [0.15, 0.2) is 0 Å². The van der Waals surface area contributed by atoms with Crippen LogP contribution in [-0.2, 0) is 17.4 Å². The molecule has 0 fully saturated rings. The summed E-state index contributed by atoms with van der Waals surface area (Å²) in [5.74, 6) is 0.532. The minimum Gasteiger partial charge on any atom is -0.741 e. The molecule has 0 saturated heterocycles. The van der Waals surface area contributed by atoms with E-state index in [1.54, 1.807) is 24.3 Å². The lowest BCUT2D eigenvalue weighted by Gasteiger charge is -2.02. The summed E-state index contributed by atoms with van der Waals surface area (Å²) in [4.78, 5) is 11.4. The third-order valence-electron chi connectivity index (χ3n) is 1.19. The summed E-state index contributed by atoms with van der Waals surface area (Å²) in [6.07, 6.45) is 0. The molecule has 0 aliphatic carbocycles. The van der Waals surface area contributed by atoms with E-state index in [1.165, 1.54) is 11.8 Å². The minimum absolute atomic E-state index is 0.226. The lowest BCUT2D eigenvalue weighted by atomic mass is 10.3. The standard InChI is InChI=1S/C8H8O2S2/c9-6-1-3-7(4-2-6)12-5-8(10)11/h1-4,9H,5H2,(H,10,11)/p-1. The van der Waals surface area contributed by atoms with E-state index in [9.17, 15) is 4.79 Å². The van der Waals surface area contributed by atoms with Gasteiger partial charge in [0.2, 0.25) is 0 Å². The van der Waals surface area contributed by atoms with Crippen molar-refractivity contribution in [3.8, 4) is 5.75 Å². The van der Waals surface area contributed by atoms with Crippen molar-refractivity contribution < 1.29 is 9.90 Å². The van der Waals surface area contributed by atoms with E-state index in [-0.39, 0.29) is 10.9 Å². The van der Waals surface area contributed by atoms with Crippen LogP contribution < -0.4 is 0 Å². The normalized spacial score (nSPS) is 9.67. The van der Waals surface area contributed by atoms with Crippen molar-refractivity contribution in [1.82, 2.24) is 0 Å². The predicted molar refractivity (Wildman–Crippen MR) is 51.2 cm³/mol. The Balaban J connectivity index is 2.53. The SMILES string of the molecule is O=C([S-])CSc1ccc(O)cc1. The average Bonchev–Trinajstić information content (AvgIpc) is 2.03. The van der Waals surface area contributed by atoms with Crippen LogP contribution in [0.2, 0.25) is 0 Å². The molecule has 0 radical (unpaired) electrons. The fourth-order valence-electron chi connectivity index (χ4n) is 0.685. The second kappa shape index (κ2) is 4.33. The third-order valence-corrected chi connectivity index (χ3v) is 2.53. The number of carbonyl (C=O) groups is 1. The number of phenolic OH excluding ortho intramolecular Hbond substituents is 1. The zero-order valence-electron chi connectivity index (χ0n) is 6.19. The fraction of sp³-hybridized carbons (Fsp3) is 0.125. The highest BCUT2D eigenvalue weighted by Crippen LogP contribution is 2.20. The van der Waals surface area contributed by atoms with Crippen LogP contribution in [0, 0.1) is 0 Å².